The van der Waals surface area contributed by atoms with Gasteiger partial charge in [0.25, 0.3) is 0 Å². The molecule has 0 aliphatic carbocycles. The van der Waals surface area contributed by atoms with Gasteiger partial charge in [-0.2, -0.15) is 10.2 Å². The Bertz CT molecular complexity index is 262. The smallest absolute Gasteiger partial charge is 0.403 e. The summed E-state index contributed by atoms with van der Waals surface area (Å²) >= 11 is 6.60. The van der Waals surface area contributed by atoms with Gasteiger partial charge in [0, 0.05) is 17.4 Å². The van der Waals surface area contributed by atoms with Crippen LogP contribution < -0.4 is 0 Å². The van der Waals surface area contributed by atoms with E-state index in [0.717, 1.165) is 0 Å². The maximum atomic E-state index is 10.3. The van der Waals surface area contributed by atoms with Crippen LogP contribution in [0.2, 0.25) is 0 Å². The first-order chi connectivity index (χ1) is 7.12. The molecule has 0 atom stereocenters. The van der Waals surface area contributed by atoms with Crippen LogP contribution in [0.1, 0.15) is 34.6 Å². The van der Waals surface area contributed by atoms with E-state index < -0.39 is 5.43 Å². The summed E-state index contributed by atoms with van der Waals surface area (Å²) in [5.41, 5.74) is -0.935. The largest absolute Gasteiger partial charge is 0.453 e. The molecule has 0 bridgehead atoms. The highest BCUT2D eigenvalue weighted by Gasteiger charge is 2.19. The summed E-state index contributed by atoms with van der Waals surface area (Å²) in [6.45, 7) is 10.2. The van der Waals surface area contributed by atoms with Crippen molar-refractivity contribution in [3.8, 4) is 0 Å². The van der Waals surface area contributed by atoms with Crippen LogP contribution in [-0.4, -0.2) is 28.2 Å². The maximum Gasteiger partial charge on any atom is 0.403 e. The first-order valence-corrected chi connectivity index (χ1v) is 6.39. The van der Waals surface area contributed by atoms with Crippen LogP contribution >= 0.6 is 23.4 Å². The van der Waals surface area contributed by atoms with E-state index in [-0.39, 0.29) is 10.4 Å². The van der Waals surface area contributed by atoms with E-state index in [1.807, 2.05) is 34.6 Å². The van der Waals surface area contributed by atoms with E-state index in [1.54, 1.807) is 11.8 Å². The molecule has 0 N–H and O–H groups in total. The molecule has 0 aromatic rings. The number of ether oxygens (including phenoxy) is 1. The Kier molecular flexibility index (Phi) is 6.33. The van der Waals surface area contributed by atoms with Crippen LogP contribution in [-0.2, 0) is 4.74 Å². The van der Waals surface area contributed by atoms with E-state index in [9.17, 15) is 4.79 Å². The molecule has 0 heterocycles. The van der Waals surface area contributed by atoms with Crippen molar-refractivity contribution in [3.63, 3.8) is 0 Å². The topological polar surface area (TPSA) is 51.0 Å². The van der Waals surface area contributed by atoms with Crippen molar-refractivity contribution in [2.24, 2.45) is 10.2 Å². The highest BCUT2D eigenvalue weighted by molar-refractivity contribution is 8.00. The average molecular weight is 267 g/mol. The lowest BCUT2D eigenvalue weighted by atomic mass is 10.1. The average Bonchev–Trinajstić information content (AvgIpc) is 2.08. The van der Waals surface area contributed by atoms with Crippen LogP contribution in [0.3, 0.4) is 0 Å². The minimum absolute atomic E-state index is 0.166. The number of carbonyl (C=O) groups excluding carboxylic acids is 1. The zero-order chi connectivity index (χ0) is 12.8. The van der Waals surface area contributed by atoms with Crippen molar-refractivity contribution in [1.29, 1.82) is 0 Å². The van der Waals surface area contributed by atoms with E-state index in [1.165, 1.54) is 0 Å². The highest BCUT2D eigenvalue weighted by Crippen LogP contribution is 2.27. The van der Waals surface area contributed by atoms with Gasteiger partial charge in [0.05, 0.1) is 5.54 Å². The molecule has 0 amide bonds. The number of hydrogen-bond acceptors (Lipinski definition) is 5. The number of azo groups is 1. The molecule has 6 heteroatoms. The number of carbonyl (C=O) groups is 1. The van der Waals surface area contributed by atoms with Crippen LogP contribution in [0, 0.1) is 0 Å². The lowest BCUT2D eigenvalue weighted by molar-refractivity contribution is 0.181. The van der Waals surface area contributed by atoms with E-state index in [4.69, 9.17) is 11.6 Å². The molecule has 0 saturated heterocycles. The van der Waals surface area contributed by atoms with Gasteiger partial charge in [-0.1, -0.05) is 0 Å². The number of nitrogens with zero attached hydrogens (tertiary/aromatic N) is 2. The fraction of sp³-hybridized carbons (Fsp3) is 0.900. The molecule has 0 unspecified atom stereocenters. The molecule has 0 aliphatic heterocycles. The predicted octanol–water partition coefficient (Wildman–Crippen LogP) is 4.08. The summed E-state index contributed by atoms with van der Waals surface area (Å²) in [6.07, 6.45) is 0. The second-order valence-corrected chi connectivity index (χ2v) is 6.76. The first-order valence-electron chi connectivity index (χ1n) is 5.03. The molecule has 0 aromatic heterocycles. The second-order valence-electron chi connectivity index (χ2n) is 4.75. The molecule has 94 valence electrons. The number of rotatable bonds is 5. The van der Waals surface area contributed by atoms with Crippen molar-refractivity contribution in [3.05, 3.63) is 0 Å². The van der Waals surface area contributed by atoms with Gasteiger partial charge in [0.15, 0.2) is 0 Å². The lowest BCUT2D eigenvalue weighted by Gasteiger charge is -2.19. The third-order valence-corrected chi connectivity index (χ3v) is 2.61. The van der Waals surface area contributed by atoms with Gasteiger partial charge in [-0.3, -0.25) is 0 Å². The van der Waals surface area contributed by atoms with Gasteiger partial charge in [-0.15, -0.1) is 11.8 Å². The summed E-state index contributed by atoms with van der Waals surface area (Å²) in [5, 5.41) is 8.47. The third kappa shape index (κ3) is 10.2. The van der Waals surface area contributed by atoms with Crippen molar-refractivity contribution in [2.45, 2.75) is 45.0 Å². The minimum atomic E-state index is -0.769. The van der Waals surface area contributed by atoms with Crippen LogP contribution in [0.4, 0.5) is 4.79 Å². The monoisotopic (exact) mass is 266 g/mol. The molecule has 4 nitrogen and oxygen atoms in total. The minimum Gasteiger partial charge on any atom is -0.453 e. The molecule has 0 fully saturated rings. The molecular weight excluding hydrogens is 248 g/mol. The quantitative estimate of drug-likeness (QED) is 0.428. The van der Waals surface area contributed by atoms with Gasteiger partial charge >= 0.3 is 5.43 Å². The van der Waals surface area contributed by atoms with Crippen molar-refractivity contribution in [1.82, 2.24) is 0 Å². The molecule has 16 heavy (non-hydrogen) atoms. The molecule has 0 radical (unpaired) electrons. The molecule has 0 spiro atoms. The molecular formula is C10H19ClN2O2S. The summed E-state index contributed by atoms with van der Waals surface area (Å²) in [5.74, 6) is 0.647. The van der Waals surface area contributed by atoms with E-state index in [0.29, 0.717) is 12.4 Å². The lowest BCUT2D eigenvalue weighted by Crippen LogP contribution is -2.16. The number of thioether (sulfide) groups is 1. The Labute approximate surface area is 106 Å². The van der Waals surface area contributed by atoms with Gasteiger partial charge in [0.1, 0.15) is 11.5 Å². The summed E-state index contributed by atoms with van der Waals surface area (Å²) in [4.78, 5) is 10.0. The zero-order valence-electron chi connectivity index (χ0n) is 10.4. The Morgan fingerprint density at radius 2 is 1.81 bits per heavy atom. The Hall–Kier alpha value is -0.290. The number of hydrogen-bond donors (Lipinski definition) is 0. The Morgan fingerprint density at radius 3 is 2.25 bits per heavy atom. The maximum absolute atomic E-state index is 10.3. The van der Waals surface area contributed by atoms with Gasteiger partial charge in [0.2, 0.25) is 0 Å². The van der Waals surface area contributed by atoms with E-state index >= 15 is 0 Å². The Balaban J connectivity index is 3.96. The number of halogens is 1. The van der Waals surface area contributed by atoms with Crippen molar-refractivity contribution >= 4 is 28.8 Å². The zero-order valence-corrected chi connectivity index (χ0v) is 12.0. The molecule has 0 saturated carbocycles. The summed E-state index contributed by atoms with van der Waals surface area (Å²) in [6, 6.07) is 0. The predicted molar refractivity (Wildman–Crippen MR) is 68.3 cm³/mol. The normalized spacial score (nSPS) is 13.1. The second kappa shape index (κ2) is 6.45. The Morgan fingerprint density at radius 1 is 1.25 bits per heavy atom. The molecule has 0 rings (SSSR count). The fourth-order valence-corrected chi connectivity index (χ4v) is 1.55. The van der Waals surface area contributed by atoms with Crippen LogP contribution in [0.5, 0.6) is 0 Å². The third-order valence-electron chi connectivity index (χ3n) is 1.34. The molecule has 0 aromatic carbocycles. The van der Waals surface area contributed by atoms with E-state index in [2.05, 4.69) is 15.0 Å². The van der Waals surface area contributed by atoms with Crippen molar-refractivity contribution < 1.29 is 9.53 Å². The fourth-order valence-electron chi connectivity index (χ4n) is 0.713. The van der Waals surface area contributed by atoms with Gasteiger partial charge < -0.3 is 4.74 Å². The summed E-state index contributed by atoms with van der Waals surface area (Å²) in [7, 11) is 0. The standard InChI is InChI=1S/C10H19ClN2O2S/c1-9(2,3)12-13-10(4,5)16-7-6-15-8(11)14/h6-7H2,1-5H3. The van der Waals surface area contributed by atoms with Gasteiger partial charge in [-0.05, 0) is 34.6 Å². The van der Waals surface area contributed by atoms with Crippen LogP contribution in [0.15, 0.2) is 10.2 Å². The first kappa shape index (κ1) is 15.7. The van der Waals surface area contributed by atoms with Crippen molar-refractivity contribution in [2.75, 3.05) is 12.4 Å². The molecule has 0 aliphatic rings. The summed E-state index contributed by atoms with van der Waals surface area (Å²) < 4.78 is 4.62. The van der Waals surface area contributed by atoms with Gasteiger partial charge in [-0.25, -0.2) is 4.79 Å². The van der Waals surface area contributed by atoms with Crippen LogP contribution in [0.25, 0.3) is 0 Å². The SMILES string of the molecule is CC(C)(C)N=NC(C)(C)SCCOC(=O)Cl. The highest BCUT2D eigenvalue weighted by atomic mass is 35.5.